The Hall–Kier alpha value is -1.14. The van der Waals surface area contributed by atoms with Gasteiger partial charge in [-0.05, 0) is 43.5 Å². The van der Waals surface area contributed by atoms with Crippen LogP contribution in [-0.4, -0.2) is 31.1 Å². The Morgan fingerprint density at radius 1 is 1.32 bits per heavy atom. The molecule has 120 valence electrons. The molecule has 0 saturated carbocycles. The average Bonchev–Trinajstić information content (AvgIpc) is 3.00. The summed E-state index contributed by atoms with van der Waals surface area (Å²) >= 11 is 6.23. The van der Waals surface area contributed by atoms with E-state index in [4.69, 9.17) is 11.6 Å². The topological polar surface area (TPSA) is 65.2 Å². The maximum atomic E-state index is 12.5. The van der Waals surface area contributed by atoms with Gasteiger partial charge in [0.1, 0.15) is 6.04 Å². The van der Waals surface area contributed by atoms with E-state index < -0.39 is 0 Å². The summed E-state index contributed by atoms with van der Waals surface area (Å²) in [6.07, 6.45) is 1.69. The molecule has 0 aromatic heterocycles. The molecule has 0 bridgehead atoms. The van der Waals surface area contributed by atoms with Crippen LogP contribution in [0.3, 0.4) is 0 Å². The number of nitrogens with one attached hydrogen (secondary N) is 4. The maximum Gasteiger partial charge on any atom is 0.238 e. The first kappa shape index (κ1) is 15.7. The summed E-state index contributed by atoms with van der Waals surface area (Å²) in [5, 5.41) is 7.26. The van der Waals surface area contributed by atoms with E-state index in [1.54, 1.807) is 0 Å². The number of halogens is 1. The summed E-state index contributed by atoms with van der Waals surface area (Å²) in [4.78, 5) is 12.5. The van der Waals surface area contributed by atoms with Crippen molar-refractivity contribution in [3.05, 3.63) is 34.9 Å². The molecule has 2 fully saturated rings. The highest BCUT2D eigenvalue weighted by Crippen LogP contribution is 2.28. The minimum Gasteiger partial charge on any atom is -0.352 e. The fourth-order valence-electron chi connectivity index (χ4n) is 3.20. The lowest BCUT2D eigenvalue weighted by Gasteiger charge is -2.31. The highest BCUT2D eigenvalue weighted by Gasteiger charge is 2.33. The zero-order chi connectivity index (χ0) is 15.5. The van der Waals surface area contributed by atoms with Crippen molar-refractivity contribution >= 4 is 17.5 Å². The fourth-order valence-corrected chi connectivity index (χ4v) is 3.47. The minimum absolute atomic E-state index is 0.0647. The third kappa shape index (κ3) is 3.43. The standard InChI is InChI=1S/C16H23ClN4O/c1-10-9-18-7-6-13(10)19-16(22)15-8-14(20-21-15)11-4-2-3-5-12(11)17/h2-5,10,13-15,18,20-21H,6-9H2,1H3,(H,19,22). The third-order valence-electron chi connectivity index (χ3n) is 4.61. The molecular formula is C16H23ClN4O. The quantitative estimate of drug-likeness (QED) is 0.678. The lowest BCUT2D eigenvalue weighted by Crippen LogP contribution is -2.53. The number of piperidine rings is 1. The number of carbonyl (C=O) groups excluding carboxylic acids is 1. The molecule has 1 amide bonds. The van der Waals surface area contributed by atoms with Crippen LogP contribution in [0.25, 0.3) is 0 Å². The fraction of sp³-hybridized carbons (Fsp3) is 0.562. The molecule has 0 spiro atoms. The van der Waals surface area contributed by atoms with Crippen LogP contribution in [0.15, 0.2) is 24.3 Å². The van der Waals surface area contributed by atoms with E-state index in [-0.39, 0.29) is 24.0 Å². The van der Waals surface area contributed by atoms with E-state index in [2.05, 4.69) is 28.4 Å². The molecule has 4 unspecified atom stereocenters. The van der Waals surface area contributed by atoms with Crippen molar-refractivity contribution in [3.8, 4) is 0 Å². The first-order valence-electron chi connectivity index (χ1n) is 7.91. The zero-order valence-electron chi connectivity index (χ0n) is 12.7. The van der Waals surface area contributed by atoms with Crippen LogP contribution in [-0.2, 0) is 4.79 Å². The first-order chi connectivity index (χ1) is 10.6. The van der Waals surface area contributed by atoms with Crippen molar-refractivity contribution in [2.45, 2.75) is 37.9 Å². The summed E-state index contributed by atoms with van der Waals surface area (Å²) < 4.78 is 0. The Balaban J connectivity index is 1.58. The van der Waals surface area contributed by atoms with Crippen molar-refractivity contribution in [1.82, 2.24) is 21.5 Å². The molecule has 4 N–H and O–H groups in total. The van der Waals surface area contributed by atoms with Gasteiger partial charge in [-0.2, -0.15) is 0 Å². The zero-order valence-corrected chi connectivity index (χ0v) is 13.5. The SMILES string of the molecule is CC1CNCCC1NC(=O)C1CC(c2ccccc2Cl)NN1. The van der Waals surface area contributed by atoms with Gasteiger partial charge in [-0.1, -0.05) is 36.7 Å². The second-order valence-electron chi connectivity index (χ2n) is 6.24. The van der Waals surface area contributed by atoms with E-state index in [1.165, 1.54) is 0 Å². The average molecular weight is 323 g/mol. The number of amides is 1. The number of rotatable bonds is 3. The summed E-state index contributed by atoms with van der Waals surface area (Å²) in [6, 6.07) is 7.86. The number of hydrazine groups is 1. The van der Waals surface area contributed by atoms with Gasteiger partial charge >= 0.3 is 0 Å². The van der Waals surface area contributed by atoms with Gasteiger partial charge in [-0.25, -0.2) is 10.9 Å². The van der Waals surface area contributed by atoms with Gasteiger partial charge in [0.15, 0.2) is 0 Å². The van der Waals surface area contributed by atoms with E-state index in [1.807, 2.05) is 24.3 Å². The van der Waals surface area contributed by atoms with Crippen molar-refractivity contribution in [1.29, 1.82) is 0 Å². The molecule has 2 heterocycles. The van der Waals surface area contributed by atoms with Gasteiger partial charge in [0.05, 0.1) is 0 Å². The first-order valence-corrected chi connectivity index (χ1v) is 8.29. The van der Waals surface area contributed by atoms with Crippen molar-refractivity contribution in [3.63, 3.8) is 0 Å². The smallest absolute Gasteiger partial charge is 0.238 e. The molecule has 1 aromatic carbocycles. The molecule has 0 radical (unpaired) electrons. The second-order valence-corrected chi connectivity index (χ2v) is 6.64. The minimum atomic E-state index is -0.219. The van der Waals surface area contributed by atoms with Gasteiger partial charge in [0, 0.05) is 17.1 Å². The highest BCUT2D eigenvalue weighted by atomic mass is 35.5. The van der Waals surface area contributed by atoms with Crippen molar-refractivity contribution < 1.29 is 4.79 Å². The number of hydrogen-bond donors (Lipinski definition) is 4. The van der Waals surface area contributed by atoms with Crippen LogP contribution < -0.4 is 21.5 Å². The van der Waals surface area contributed by atoms with Crippen LogP contribution in [0.5, 0.6) is 0 Å². The summed E-state index contributed by atoms with van der Waals surface area (Å²) in [5.74, 6) is 0.534. The predicted octanol–water partition coefficient (Wildman–Crippen LogP) is 1.36. The van der Waals surface area contributed by atoms with Gasteiger partial charge < -0.3 is 10.6 Å². The van der Waals surface area contributed by atoms with E-state index in [0.717, 1.165) is 30.1 Å². The molecule has 2 aliphatic heterocycles. The Morgan fingerprint density at radius 3 is 2.91 bits per heavy atom. The molecule has 22 heavy (non-hydrogen) atoms. The Bertz CT molecular complexity index is 539. The molecule has 5 nitrogen and oxygen atoms in total. The van der Waals surface area contributed by atoms with Crippen LogP contribution in [0.2, 0.25) is 5.02 Å². The normalized spacial score (nSPS) is 31.9. The number of carbonyl (C=O) groups is 1. The molecular weight excluding hydrogens is 300 g/mol. The van der Waals surface area contributed by atoms with Crippen LogP contribution in [0.1, 0.15) is 31.4 Å². The van der Waals surface area contributed by atoms with Gasteiger partial charge in [-0.3, -0.25) is 4.79 Å². The van der Waals surface area contributed by atoms with Crippen LogP contribution >= 0.6 is 11.6 Å². The maximum absolute atomic E-state index is 12.5. The number of hydrogen-bond acceptors (Lipinski definition) is 4. The van der Waals surface area contributed by atoms with Gasteiger partial charge in [-0.15, -0.1) is 0 Å². The van der Waals surface area contributed by atoms with Crippen molar-refractivity contribution in [2.75, 3.05) is 13.1 Å². The van der Waals surface area contributed by atoms with E-state index in [9.17, 15) is 4.79 Å². The van der Waals surface area contributed by atoms with Gasteiger partial charge in [0.2, 0.25) is 5.91 Å². The molecule has 1 aromatic rings. The van der Waals surface area contributed by atoms with Crippen LogP contribution in [0, 0.1) is 5.92 Å². The predicted molar refractivity (Wildman–Crippen MR) is 87.5 cm³/mol. The van der Waals surface area contributed by atoms with E-state index >= 15 is 0 Å². The van der Waals surface area contributed by atoms with Crippen molar-refractivity contribution in [2.24, 2.45) is 5.92 Å². The monoisotopic (exact) mass is 322 g/mol. The molecule has 6 heteroatoms. The Labute approximate surface area is 136 Å². The largest absolute Gasteiger partial charge is 0.352 e. The van der Waals surface area contributed by atoms with Gasteiger partial charge in [0.25, 0.3) is 0 Å². The van der Waals surface area contributed by atoms with Crippen LogP contribution in [0.4, 0.5) is 0 Å². The summed E-state index contributed by atoms with van der Waals surface area (Å²) in [5.41, 5.74) is 7.32. The molecule has 2 aliphatic rings. The second kappa shape index (κ2) is 6.96. The Morgan fingerprint density at radius 2 is 2.14 bits per heavy atom. The van der Waals surface area contributed by atoms with E-state index in [0.29, 0.717) is 12.3 Å². The molecule has 0 aliphatic carbocycles. The molecule has 4 atom stereocenters. The molecule has 3 rings (SSSR count). The highest BCUT2D eigenvalue weighted by molar-refractivity contribution is 6.31. The number of benzene rings is 1. The summed E-state index contributed by atoms with van der Waals surface area (Å²) in [7, 11) is 0. The molecule has 2 saturated heterocycles. The summed E-state index contributed by atoms with van der Waals surface area (Å²) in [6.45, 7) is 4.10. The Kier molecular flexibility index (Phi) is 4.98. The lowest BCUT2D eigenvalue weighted by atomic mass is 9.94. The third-order valence-corrected chi connectivity index (χ3v) is 4.96. The lowest BCUT2D eigenvalue weighted by molar-refractivity contribution is -0.124.